The van der Waals surface area contributed by atoms with Crippen molar-refractivity contribution >= 4 is 11.9 Å². The van der Waals surface area contributed by atoms with Gasteiger partial charge in [-0.25, -0.2) is 9.98 Å². The summed E-state index contributed by atoms with van der Waals surface area (Å²) < 4.78 is 2.03. The van der Waals surface area contributed by atoms with Crippen LogP contribution in [0, 0.1) is 0 Å². The van der Waals surface area contributed by atoms with Crippen molar-refractivity contribution < 1.29 is 4.79 Å². The number of imidazole rings is 1. The second kappa shape index (κ2) is 9.75. The SMILES string of the molecule is CCNC(=NCc1ccc(Cn2ccnc2)cc1)NCC(=O)NC(C)(C)C. The van der Waals surface area contributed by atoms with Gasteiger partial charge in [-0.15, -0.1) is 0 Å². The number of aliphatic imine (C=N–C) groups is 1. The van der Waals surface area contributed by atoms with E-state index in [4.69, 9.17) is 0 Å². The van der Waals surface area contributed by atoms with Crippen molar-refractivity contribution in [3.05, 3.63) is 54.1 Å². The van der Waals surface area contributed by atoms with E-state index in [0.717, 1.165) is 18.7 Å². The lowest BCUT2D eigenvalue weighted by Crippen LogP contribution is -2.48. The quantitative estimate of drug-likeness (QED) is 0.513. The van der Waals surface area contributed by atoms with Gasteiger partial charge in [-0.3, -0.25) is 4.79 Å². The standard InChI is InChI=1S/C20H30N6O/c1-5-22-19(24-13-18(27)25-20(2,3)4)23-12-16-6-8-17(9-7-16)14-26-11-10-21-15-26/h6-11,15H,5,12-14H2,1-4H3,(H,25,27)(H2,22,23,24). The number of guanidine groups is 1. The highest BCUT2D eigenvalue weighted by Gasteiger charge is 2.13. The number of carbonyl (C=O) groups is 1. The Bertz CT molecular complexity index is 729. The minimum atomic E-state index is -0.243. The molecule has 0 aliphatic carbocycles. The molecule has 27 heavy (non-hydrogen) atoms. The number of aromatic nitrogens is 2. The van der Waals surface area contributed by atoms with Gasteiger partial charge < -0.3 is 20.5 Å². The minimum absolute atomic E-state index is 0.0584. The summed E-state index contributed by atoms with van der Waals surface area (Å²) in [4.78, 5) is 20.6. The maximum atomic E-state index is 11.9. The van der Waals surface area contributed by atoms with E-state index in [-0.39, 0.29) is 18.0 Å². The molecule has 2 rings (SSSR count). The molecule has 0 spiro atoms. The van der Waals surface area contributed by atoms with Crippen molar-refractivity contribution in [2.75, 3.05) is 13.1 Å². The molecule has 7 nitrogen and oxygen atoms in total. The van der Waals surface area contributed by atoms with E-state index >= 15 is 0 Å². The first kappa shape index (κ1) is 20.5. The summed E-state index contributed by atoms with van der Waals surface area (Å²) in [6.07, 6.45) is 5.53. The smallest absolute Gasteiger partial charge is 0.239 e. The van der Waals surface area contributed by atoms with Gasteiger partial charge in [0.15, 0.2) is 5.96 Å². The fraction of sp³-hybridized carbons (Fsp3) is 0.450. The van der Waals surface area contributed by atoms with E-state index in [1.165, 1.54) is 5.56 Å². The molecular weight excluding hydrogens is 340 g/mol. The van der Waals surface area contributed by atoms with E-state index in [9.17, 15) is 4.79 Å². The van der Waals surface area contributed by atoms with E-state index in [1.54, 1.807) is 6.20 Å². The third-order valence-electron chi connectivity index (χ3n) is 3.64. The van der Waals surface area contributed by atoms with Gasteiger partial charge in [-0.05, 0) is 38.8 Å². The highest BCUT2D eigenvalue weighted by molar-refractivity contribution is 5.86. The van der Waals surface area contributed by atoms with Crippen LogP contribution >= 0.6 is 0 Å². The van der Waals surface area contributed by atoms with Crippen molar-refractivity contribution in [2.45, 2.75) is 46.3 Å². The summed E-state index contributed by atoms with van der Waals surface area (Å²) in [6.45, 7) is 10.1. The molecule has 0 aliphatic heterocycles. The van der Waals surface area contributed by atoms with Crippen LogP contribution in [0.25, 0.3) is 0 Å². The summed E-state index contributed by atoms with van der Waals surface area (Å²) >= 11 is 0. The van der Waals surface area contributed by atoms with Crippen LogP contribution < -0.4 is 16.0 Å². The van der Waals surface area contributed by atoms with Crippen molar-refractivity contribution in [2.24, 2.45) is 4.99 Å². The van der Waals surface area contributed by atoms with E-state index in [1.807, 2.05) is 44.8 Å². The van der Waals surface area contributed by atoms with Gasteiger partial charge >= 0.3 is 0 Å². The first-order valence-electron chi connectivity index (χ1n) is 9.22. The van der Waals surface area contributed by atoms with Gasteiger partial charge in [0.05, 0.1) is 19.4 Å². The summed E-state index contributed by atoms with van der Waals surface area (Å²) in [5, 5.41) is 9.16. The van der Waals surface area contributed by atoms with Crippen LogP contribution in [-0.2, 0) is 17.9 Å². The number of benzene rings is 1. The molecule has 1 amide bonds. The van der Waals surface area contributed by atoms with Gasteiger partial charge in [0.1, 0.15) is 0 Å². The molecule has 1 heterocycles. The zero-order valence-electron chi connectivity index (χ0n) is 16.6. The number of rotatable bonds is 7. The number of nitrogens with one attached hydrogen (secondary N) is 3. The van der Waals surface area contributed by atoms with Crippen LogP contribution in [-0.4, -0.2) is 40.0 Å². The Hall–Kier alpha value is -2.83. The molecule has 0 aliphatic rings. The summed E-state index contributed by atoms with van der Waals surface area (Å²) in [7, 11) is 0. The number of amides is 1. The number of hydrogen-bond donors (Lipinski definition) is 3. The molecule has 0 saturated carbocycles. The molecule has 0 atom stereocenters. The predicted molar refractivity (Wildman–Crippen MR) is 108 cm³/mol. The molecular formula is C20H30N6O. The minimum Gasteiger partial charge on any atom is -0.357 e. The molecule has 1 aromatic carbocycles. The van der Waals surface area contributed by atoms with Crippen LogP contribution in [0.15, 0.2) is 48.0 Å². The second-order valence-electron chi connectivity index (χ2n) is 7.40. The lowest BCUT2D eigenvalue weighted by atomic mass is 10.1. The molecule has 0 radical (unpaired) electrons. The molecule has 146 valence electrons. The van der Waals surface area contributed by atoms with Crippen LogP contribution in [0.1, 0.15) is 38.8 Å². The van der Waals surface area contributed by atoms with Crippen molar-refractivity contribution in [1.82, 2.24) is 25.5 Å². The first-order valence-corrected chi connectivity index (χ1v) is 9.22. The fourth-order valence-electron chi connectivity index (χ4n) is 2.48. The zero-order chi connectivity index (χ0) is 19.7. The van der Waals surface area contributed by atoms with Gasteiger partial charge in [0, 0.05) is 31.0 Å². The van der Waals surface area contributed by atoms with Crippen molar-refractivity contribution in [3.63, 3.8) is 0 Å². The van der Waals surface area contributed by atoms with Gasteiger partial charge in [-0.1, -0.05) is 24.3 Å². The summed E-state index contributed by atoms with van der Waals surface area (Å²) in [5.74, 6) is 0.570. The molecule has 0 bridgehead atoms. The van der Waals surface area contributed by atoms with Crippen molar-refractivity contribution in [1.29, 1.82) is 0 Å². The molecule has 1 aromatic heterocycles. The Labute approximate surface area is 161 Å². The summed E-state index contributed by atoms with van der Waals surface area (Å²) in [6, 6.07) is 8.35. The Morgan fingerprint density at radius 2 is 1.85 bits per heavy atom. The van der Waals surface area contributed by atoms with Crippen LogP contribution in [0.4, 0.5) is 0 Å². The van der Waals surface area contributed by atoms with Gasteiger partial charge in [0.2, 0.25) is 5.91 Å². The maximum absolute atomic E-state index is 11.9. The second-order valence-corrected chi connectivity index (χ2v) is 7.40. The fourth-order valence-corrected chi connectivity index (χ4v) is 2.48. The third-order valence-corrected chi connectivity index (χ3v) is 3.64. The first-order chi connectivity index (χ1) is 12.9. The average molecular weight is 371 g/mol. The molecule has 0 saturated heterocycles. The van der Waals surface area contributed by atoms with Crippen molar-refractivity contribution in [3.8, 4) is 0 Å². The molecule has 2 aromatic rings. The normalized spacial score (nSPS) is 11.9. The third kappa shape index (κ3) is 7.94. The van der Waals surface area contributed by atoms with Crippen LogP contribution in [0.3, 0.4) is 0 Å². The molecule has 0 unspecified atom stereocenters. The van der Waals surface area contributed by atoms with E-state index < -0.39 is 0 Å². The Kier molecular flexibility index (Phi) is 7.40. The number of hydrogen-bond acceptors (Lipinski definition) is 3. The Balaban J connectivity index is 1.88. The highest BCUT2D eigenvalue weighted by atomic mass is 16.2. The zero-order valence-corrected chi connectivity index (χ0v) is 16.6. The molecule has 0 fully saturated rings. The monoisotopic (exact) mass is 370 g/mol. The maximum Gasteiger partial charge on any atom is 0.239 e. The van der Waals surface area contributed by atoms with E-state index in [0.29, 0.717) is 12.5 Å². The highest BCUT2D eigenvalue weighted by Crippen LogP contribution is 2.07. The summed E-state index contributed by atoms with van der Waals surface area (Å²) in [5.41, 5.74) is 2.08. The predicted octanol–water partition coefficient (Wildman–Crippen LogP) is 1.90. The Morgan fingerprint density at radius 1 is 1.15 bits per heavy atom. The van der Waals surface area contributed by atoms with Gasteiger partial charge in [0.25, 0.3) is 0 Å². The molecule has 3 N–H and O–H groups in total. The average Bonchev–Trinajstić information content (AvgIpc) is 3.10. The Morgan fingerprint density at radius 3 is 2.44 bits per heavy atom. The van der Waals surface area contributed by atoms with Crippen LogP contribution in [0.2, 0.25) is 0 Å². The number of carbonyl (C=O) groups excluding carboxylic acids is 1. The van der Waals surface area contributed by atoms with Gasteiger partial charge in [-0.2, -0.15) is 0 Å². The lowest BCUT2D eigenvalue weighted by Gasteiger charge is -2.21. The molecule has 7 heteroatoms. The topological polar surface area (TPSA) is 83.3 Å². The van der Waals surface area contributed by atoms with Crippen LogP contribution in [0.5, 0.6) is 0 Å². The van der Waals surface area contributed by atoms with E-state index in [2.05, 4.69) is 50.2 Å². The largest absolute Gasteiger partial charge is 0.357 e. The number of nitrogens with zero attached hydrogens (tertiary/aromatic N) is 3. The lowest BCUT2D eigenvalue weighted by molar-refractivity contribution is -0.121.